The fourth-order valence-corrected chi connectivity index (χ4v) is 4.42. The minimum absolute atomic E-state index is 0.196. The number of ether oxygens (including phenoxy) is 2. The number of benzene rings is 1. The first-order valence-corrected chi connectivity index (χ1v) is 10.5. The molecule has 2 aliphatic rings. The molecule has 26 heavy (non-hydrogen) atoms. The molecule has 1 saturated heterocycles. The van der Waals surface area contributed by atoms with Crippen LogP contribution in [0.1, 0.15) is 6.92 Å². The van der Waals surface area contributed by atoms with Crippen LogP contribution in [0.4, 0.5) is 5.69 Å². The molecular weight excluding hydrogens is 358 g/mol. The Morgan fingerprint density at radius 3 is 2.35 bits per heavy atom. The average Bonchev–Trinajstić information content (AvgIpc) is 2.60. The summed E-state index contributed by atoms with van der Waals surface area (Å²) in [4.78, 5) is 16.8. The first-order valence-electron chi connectivity index (χ1n) is 8.64. The van der Waals surface area contributed by atoms with Gasteiger partial charge >= 0.3 is 0 Å². The van der Waals surface area contributed by atoms with Gasteiger partial charge in [-0.1, -0.05) is 0 Å². The van der Waals surface area contributed by atoms with E-state index in [2.05, 4.69) is 4.90 Å². The number of fused-ring (bicyclic) bond motifs is 1. The number of rotatable bonds is 4. The second-order valence-corrected chi connectivity index (χ2v) is 8.55. The van der Waals surface area contributed by atoms with Crippen LogP contribution >= 0.6 is 0 Å². The van der Waals surface area contributed by atoms with Crippen LogP contribution in [0.25, 0.3) is 0 Å². The number of piperazine rings is 1. The standard InChI is InChI=1S/C17H25N3O5S/c1-13(17(21)19-8-6-18(2)7-9-19)20(26(3,22)23)14-4-5-15-16(12-14)25-11-10-24-15/h4-5,12-13H,6-11H2,1-3H3. The van der Waals surface area contributed by atoms with Gasteiger partial charge < -0.3 is 19.3 Å². The second-order valence-electron chi connectivity index (χ2n) is 6.69. The van der Waals surface area contributed by atoms with Gasteiger partial charge in [-0.15, -0.1) is 0 Å². The number of amides is 1. The van der Waals surface area contributed by atoms with Crippen LogP contribution in [0.3, 0.4) is 0 Å². The van der Waals surface area contributed by atoms with Crippen LogP contribution in [0.2, 0.25) is 0 Å². The quantitative estimate of drug-likeness (QED) is 0.748. The summed E-state index contributed by atoms with van der Waals surface area (Å²) in [5, 5.41) is 0. The monoisotopic (exact) mass is 383 g/mol. The summed E-state index contributed by atoms with van der Waals surface area (Å²) in [6.07, 6.45) is 1.11. The van der Waals surface area contributed by atoms with Crippen LogP contribution in [-0.2, 0) is 14.8 Å². The Morgan fingerprint density at radius 2 is 1.73 bits per heavy atom. The average molecular weight is 383 g/mol. The molecule has 1 unspecified atom stereocenters. The molecule has 0 aromatic heterocycles. The van der Waals surface area contributed by atoms with Gasteiger partial charge in [-0.3, -0.25) is 9.10 Å². The number of anilines is 1. The zero-order valence-corrected chi connectivity index (χ0v) is 16.2. The molecule has 2 aliphatic heterocycles. The first-order chi connectivity index (χ1) is 12.3. The summed E-state index contributed by atoms with van der Waals surface area (Å²) in [5.41, 5.74) is 0.395. The van der Waals surface area contributed by atoms with Gasteiger partial charge in [0.25, 0.3) is 0 Å². The Hall–Kier alpha value is -2.00. The Kier molecular flexibility index (Phi) is 5.29. The third-order valence-electron chi connectivity index (χ3n) is 4.66. The number of sulfonamides is 1. The normalized spacial score (nSPS) is 19.1. The van der Waals surface area contributed by atoms with Gasteiger partial charge in [-0.05, 0) is 26.1 Å². The van der Waals surface area contributed by atoms with Crippen LogP contribution in [-0.4, -0.2) is 82.9 Å². The van der Waals surface area contributed by atoms with Gasteiger partial charge in [0.2, 0.25) is 15.9 Å². The zero-order valence-electron chi connectivity index (χ0n) is 15.3. The topological polar surface area (TPSA) is 79.4 Å². The van der Waals surface area contributed by atoms with Crippen molar-refractivity contribution >= 4 is 21.6 Å². The maximum absolute atomic E-state index is 12.9. The largest absolute Gasteiger partial charge is 0.486 e. The minimum atomic E-state index is -3.66. The van der Waals surface area contributed by atoms with Gasteiger partial charge in [-0.25, -0.2) is 8.42 Å². The fraction of sp³-hybridized carbons (Fsp3) is 0.588. The molecule has 1 amide bonds. The second kappa shape index (κ2) is 7.32. The highest BCUT2D eigenvalue weighted by Crippen LogP contribution is 2.35. The van der Waals surface area contributed by atoms with E-state index in [1.54, 1.807) is 30.0 Å². The van der Waals surface area contributed by atoms with E-state index in [0.717, 1.165) is 23.7 Å². The van der Waals surface area contributed by atoms with Crippen LogP contribution in [0, 0.1) is 0 Å². The van der Waals surface area contributed by atoms with Crippen molar-refractivity contribution in [3.05, 3.63) is 18.2 Å². The fourth-order valence-electron chi connectivity index (χ4n) is 3.26. The van der Waals surface area contributed by atoms with E-state index < -0.39 is 16.1 Å². The van der Waals surface area contributed by atoms with Gasteiger partial charge in [0.1, 0.15) is 19.3 Å². The summed E-state index contributed by atoms with van der Waals surface area (Å²) < 4.78 is 37.1. The molecule has 1 aromatic carbocycles. The molecule has 0 N–H and O–H groups in total. The van der Waals surface area contributed by atoms with Crippen molar-refractivity contribution in [2.24, 2.45) is 0 Å². The number of nitrogens with zero attached hydrogens (tertiary/aromatic N) is 3. The predicted octanol–water partition coefficient (Wildman–Crippen LogP) is 0.386. The molecule has 1 fully saturated rings. The van der Waals surface area contributed by atoms with Crippen molar-refractivity contribution in [1.82, 2.24) is 9.80 Å². The van der Waals surface area contributed by atoms with Gasteiger partial charge in [0.05, 0.1) is 11.9 Å². The predicted molar refractivity (Wildman–Crippen MR) is 98.3 cm³/mol. The Balaban J connectivity index is 1.87. The van der Waals surface area contributed by atoms with Crippen molar-refractivity contribution in [2.75, 3.05) is 57.0 Å². The van der Waals surface area contributed by atoms with Crippen LogP contribution in [0.15, 0.2) is 18.2 Å². The van der Waals surface area contributed by atoms with E-state index in [0.29, 0.717) is 43.5 Å². The zero-order chi connectivity index (χ0) is 18.9. The Labute approximate surface area is 154 Å². The molecule has 1 atom stereocenters. The number of carbonyl (C=O) groups excluding carboxylic acids is 1. The van der Waals surface area contributed by atoms with Crippen molar-refractivity contribution < 1.29 is 22.7 Å². The number of carbonyl (C=O) groups is 1. The summed E-state index contributed by atoms with van der Waals surface area (Å²) in [6.45, 7) is 5.24. The van der Waals surface area contributed by atoms with Crippen molar-refractivity contribution in [1.29, 1.82) is 0 Å². The maximum Gasteiger partial charge on any atom is 0.246 e. The van der Waals surface area contributed by atoms with E-state index in [1.807, 2.05) is 7.05 Å². The Bertz CT molecular complexity index is 775. The molecule has 0 saturated carbocycles. The van der Waals surface area contributed by atoms with Crippen LogP contribution in [0.5, 0.6) is 11.5 Å². The lowest BCUT2D eigenvalue weighted by atomic mass is 10.2. The summed E-state index contributed by atoms with van der Waals surface area (Å²) in [5.74, 6) is 0.867. The van der Waals surface area contributed by atoms with E-state index in [-0.39, 0.29) is 5.91 Å². The summed E-state index contributed by atoms with van der Waals surface area (Å²) in [6, 6.07) is 4.09. The lowest BCUT2D eigenvalue weighted by Crippen LogP contribution is -2.54. The molecule has 144 valence electrons. The Morgan fingerprint density at radius 1 is 1.12 bits per heavy atom. The van der Waals surface area contributed by atoms with Crippen molar-refractivity contribution in [3.8, 4) is 11.5 Å². The van der Waals surface area contributed by atoms with Crippen LogP contribution < -0.4 is 13.8 Å². The highest BCUT2D eigenvalue weighted by molar-refractivity contribution is 7.92. The number of likely N-dealkylation sites (N-methyl/N-ethyl adjacent to an activating group) is 1. The molecule has 0 bridgehead atoms. The lowest BCUT2D eigenvalue weighted by Gasteiger charge is -2.37. The smallest absolute Gasteiger partial charge is 0.246 e. The third kappa shape index (κ3) is 3.88. The molecule has 0 spiro atoms. The summed E-state index contributed by atoms with van der Waals surface area (Å²) in [7, 11) is -1.66. The van der Waals surface area contributed by atoms with Crippen molar-refractivity contribution in [2.45, 2.75) is 13.0 Å². The van der Waals surface area contributed by atoms with Gasteiger partial charge in [0, 0.05) is 32.2 Å². The molecule has 1 aromatic rings. The van der Waals surface area contributed by atoms with Crippen molar-refractivity contribution in [3.63, 3.8) is 0 Å². The molecule has 8 nitrogen and oxygen atoms in total. The summed E-state index contributed by atoms with van der Waals surface area (Å²) >= 11 is 0. The maximum atomic E-state index is 12.9. The minimum Gasteiger partial charge on any atom is -0.486 e. The first kappa shape index (κ1) is 18.8. The molecule has 0 radical (unpaired) electrons. The SMILES string of the molecule is CC(C(=O)N1CCN(C)CC1)N(c1ccc2c(c1)OCCO2)S(C)(=O)=O. The van der Waals surface area contributed by atoms with E-state index in [1.165, 1.54) is 0 Å². The highest BCUT2D eigenvalue weighted by atomic mass is 32.2. The molecular formula is C17H25N3O5S. The highest BCUT2D eigenvalue weighted by Gasteiger charge is 2.33. The molecule has 0 aliphatic carbocycles. The van der Waals surface area contributed by atoms with E-state index in [9.17, 15) is 13.2 Å². The molecule has 9 heteroatoms. The lowest BCUT2D eigenvalue weighted by molar-refractivity contribution is -0.133. The van der Waals surface area contributed by atoms with E-state index in [4.69, 9.17) is 9.47 Å². The van der Waals surface area contributed by atoms with E-state index >= 15 is 0 Å². The van der Waals surface area contributed by atoms with Gasteiger partial charge in [0.15, 0.2) is 11.5 Å². The number of hydrogen-bond acceptors (Lipinski definition) is 6. The number of hydrogen-bond donors (Lipinski definition) is 0. The van der Waals surface area contributed by atoms with Gasteiger partial charge in [-0.2, -0.15) is 0 Å². The molecule has 2 heterocycles. The third-order valence-corrected chi connectivity index (χ3v) is 5.90. The molecule has 3 rings (SSSR count).